The van der Waals surface area contributed by atoms with Crippen LogP contribution in [-0.4, -0.2) is 13.2 Å². The van der Waals surface area contributed by atoms with Gasteiger partial charge in [0, 0.05) is 4.83 Å². The van der Waals surface area contributed by atoms with E-state index in [1.54, 1.807) is 30.3 Å². The van der Waals surface area contributed by atoms with E-state index in [-0.39, 0.29) is 15.8 Å². The maximum atomic E-state index is 12.4. The zero-order valence-corrected chi connectivity index (χ0v) is 13.4. The fourth-order valence-corrected chi connectivity index (χ4v) is 3.86. The lowest BCUT2D eigenvalue weighted by atomic mass is 10.1. The molecule has 2 rings (SSSR count). The molecule has 0 aliphatic carbocycles. The maximum Gasteiger partial charge on any atom is 0.241 e. The van der Waals surface area contributed by atoms with Crippen LogP contribution in [0.1, 0.15) is 18.5 Å². The molecule has 0 aliphatic rings. The summed E-state index contributed by atoms with van der Waals surface area (Å²) in [4.78, 5) is 0.248. The molecule has 106 valence electrons. The molecule has 2 unspecified atom stereocenters. The molecule has 0 saturated heterocycles. The van der Waals surface area contributed by atoms with Crippen LogP contribution in [0.3, 0.4) is 0 Å². The summed E-state index contributed by atoms with van der Waals surface area (Å²) in [6, 6.07) is 17.6. The molecule has 0 aromatic heterocycles. The smallest absolute Gasteiger partial charge is 0.207 e. The van der Waals surface area contributed by atoms with E-state index in [1.807, 2.05) is 37.3 Å². The Hall–Kier alpha value is -1.17. The fraction of sp³-hybridized carbons (Fsp3) is 0.200. The lowest BCUT2D eigenvalue weighted by Gasteiger charge is -2.21. The standard InChI is InChI=1S/C15H16BrNO2S/c1-12(16)15(13-8-4-2-5-9-13)17-20(18,19)14-10-6-3-7-11-14/h2-12,15,17H,1H3. The molecule has 0 amide bonds. The maximum absolute atomic E-state index is 12.4. The third-order valence-corrected chi connectivity index (χ3v) is 4.94. The van der Waals surface area contributed by atoms with Gasteiger partial charge in [-0.3, -0.25) is 0 Å². The zero-order valence-electron chi connectivity index (χ0n) is 11.0. The summed E-state index contributed by atoms with van der Waals surface area (Å²) < 4.78 is 27.5. The highest BCUT2D eigenvalue weighted by Gasteiger charge is 2.24. The average Bonchev–Trinajstić information content (AvgIpc) is 2.46. The van der Waals surface area contributed by atoms with E-state index in [2.05, 4.69) is 20.7 Å². The van der Waals surface area contributed by atoms with Crippen molar-refractivity contribution in [1.29, 1.82) is 0 Å². The van der Waals surface area contributed by atoms with Gasteiger partial charge in [0.1, 0.15) is 0 Å². The quantitative estimate of drug-likeness (QED) is 0.836. The topological polar surface area (TPSA) is 46.2 Å². The van der Waals surface area contributed by atoms with Gasteiger partial charge < -0.3 is 0 Å². The van der Waals surface area contributed by atoms with E-state index < -0.39 is 10.0 Å². The first-order chi connectivity index (χ1) is 9.50. The van der Waals surface area contributed by atoms with Crippen LogP contribution in [0.15, 0.2) is 65.6 Å². The van der Waals surface area contributed by atoms with Gasteiger partial charge in [-0.15, -0.1) is 0 Å². The van der Waals surface area contributed by atoms with Crippen LogP contribution in [0.25, 0.3) is 0 Å². The second-order valence-corrected chi connectivity index (χ2v) is 7.66. The number of hydrogen-bond acceptors (Lipinski definition) is 2. The second kappa shape index (κ2) is 6.52. The average molecular weight is 354 g/mol. The summed E-state index contributed by atoms with van der Waals surface area (Å²) in [5.41, 5.74) is 0.927. The molecule has 2 aromatic carbocycles. The van der Waals surface area contributed by atoms with Crippen LogP contribution in [0.2, 0.25) is 0 Å². The summed E-state index contributed by atoms with van der Waals surface area (Å²) in [6.07, 6.45) is 0. The highest BCUT2D eigenvalue weighted by atomic mass is 79.9. The van der Waals surface area contributed by atoms with E-state index in [9.17, 15) is 8.42 Å². The molecule has 1 N–H and O–H groups in total. The minimum Gasteiger partial charge on any atom is -0.207 e. The van der Waals surface area contributed by atoms with E-state index in [0.717, 1.165) is 5.56 Å². The monoisotopic (exact) mass is 353 g/mol. The summed E-state index contributed by atoms with van der Waals surface area (Å²) in [6.45, 7) is 1.92. The van der Waals surface area contributed by atoms with Gasteiger partial charge in [0.2, 0.25) is 10.0 Å². The highest BCUT2D eigenvalue weighted by molar-refractivity contribution is 9.09. The van der Waals surface area contributed by atoms with Crippen molar-refractivity contribution >= 4 is 26.0 Å². The molecule has 0 fully saturated rings. The first kappa shape index (κ1) is 15.2. The molecule has 0 radical (unpaired) electrons. The van der Waals surface area contributed by atoms with Gasteiger partial charge in [0.25, 0.3) is 0 Å². The largest absolute Gasteiger partial charge is 0.241 e. The van der Waals surface area contributed by atoms with E-state index in [0.29, 0.717) is 0 Å². The van der Waals surface area contributed by atoms with Gasteiger partial charge in [-0.1, -0.05) is 71.4 Å². The Bertz CT molecular complexity index is 642. The van der Waals surface area contributed by atoms with Crippen molar-refractivity contribution in [3.8, 4) is 0 Å². The van der Waals surface area contributed by atoms with Gasteiger partial charge >= 0.3 is 0 Å². The summed E-state index contributed by atoms with van der Waals surface area (Å²) in [5, 5.41) is 0. The Balaban J connectivity index is 2.30. The lowest BCUT2D eigenvalue weighted by Crippen LogP contribution is -2.32. The number of hydrogen-bond donors (Lipinski definition) is 1. The Morgan fingerprint density at radius 2 is 1.45 bits per heavy atom. The Labute approximate surface area is 128 Å². The summed E-state index contributed by atoms with van der Waals surface area (Å²) in [5.74, 6) is 0. The van der Waals surface area contributed by atoms with Crippen LogP contribution in [0.4, 0.5) is 0 Å². The minimum atomic E-state index is -3.53. The van der Waals surface area contributed by atoms with Gasteiger partial charge in [0.15, 0.2) is 0 Å². The third-order valence-electron chi connectivity index (χ3n) is 2.95. The predicted molar refractivity (Wildman–Crippen MR) is 84.3 cm³/mol. The highest BCUT2D eigenvalue weighted by Crippen LogP contribution is 2.24. The molecule has 0 bridgehead atoms. The molecule has 0 aliphatic heterocycles. The van der Waals surface area contributed by atoms with Crippen LogP contribution in [-0.2, 0) is 10.0 Å². The van der Waals surface area contributed by atoms with Crippen molar-refractivity contribution in [2.24, 2.45) is 0 Å². The van der Waals surface area contributed by atoms with E-state index >= 15 is 0 Å². The first-order valence-corrected chi connectivity index (χ1v) is 8.67. The van der Waals surface area contributed by atoms with Crippen LogP contribution in [0.5, 0.6) is 0 Å². The minimum absolute atomic E-state index is 0.0246. The predicted octanol–water partition coefficient (Wildman–Crippen LogP) is 3.49. The van der Waals surface area contributed by atoms with Gasteiger partial charge in [0.05, 0.1) is 10.9 Å². The summed E-state index contributed by atoms with van der Waals surface area (Å²) in [7, 11) is -3.53. The molecule has 20 heavy (non-hydrogen) atoms. The van der Waals surface area contributed by atoms with Gasteiger partial charge in [-0.2, -0.15) is 0 Å². The lowest BCUT2D eigenvalue weighted by molar-refractivity contribution is 0.555. The van der Waals surface area contributed by atoms with E-state index in [4.69, 9.17) is 0 Å². The number of benzene rings is 2. The molecule has 2 atom stereocenters. The number of alkyl halides is 1. The van der Waals surface area contributed by atoms with Crippen molar-refractivity contribution in [2.75, 3.05) is 0 Å². The molecular weight excluding hydrogens is 338 g/mol. The molecular formula is C15H16BrNO2S. The first-order valence-electron chi connectivity index (χ1n) is 6.27. The molecule has 0 spiro atoms. The number of halogens is 1. The molecule has 3 nitrogen and oxygen atoms in total. The molecule has 0 saturated carbocycles. The van der Waals surface area contributed by atoms with Gasteiger partial charge in [-0.25, -0.2) is 13.1 Å². The molecule has 2 aromatic rings. The normalized spacial score (nSPS) is 14.7. The van der Waals surface area contributed by atoms with E-state index in [1.165, 1.54) is 0 Å². The van der Waals surface area contributed by atoms with Gasteiger partial charge in [-0.05, 0) is 17.7 Å². The zero-order chi connectivity index (χ0) is 14.6. The third kappa shape index (κ3) is 3.69. The Morgan fingerprint density at radius 1 is 0.950 bits per heavy atom. The summed E-state index contributed by atoms with van der Waals surface area (Å²) >= 11 is 3.48. The van der Waals surface area contributed by atoms with Crippen molar-refractivity contribution < 1.29 is 8.42 Å². The molecule has 5 heteroatoms. The second-order valence-electron chi connectivity index (χ2n) is 4.50. The number of sulfonamides is 1. The van der Waals surface area contributed by atoms with Crippen LogP contribution < -0.4 is 4.72 Å². The van der Waals surface area contributed by atoms with Crippen molar-refractivity contribution in [3.05, 3.63) is 66.2 Å². The van der Waals surface area contributed by atoms with Crippen molar-refractivity contribution in [1.82, 2.24) is 4.72 Å². The van der Waals surface area contributed by atoms with Crippen LogP contribution >= 0.6 is 15.9 Å². The SMILES string of the molecule is CC(Br)C(NS(=O)(=O)c1ccccc1)c1ccccc1. The van der Waals surface area contributed by atoms with Crippen LogP contribution in [0, 0.1) is 0 Å². The molecule has 0 heterocycles. The Morgan fingerprint density at radius 3 is 1.95 bits per heavy atom. The number of nitrogens with one attached hydrogen (secondary N) is 1. The van der Waals surface area contributed by atoms with Crippen molar-refractivity contribution in [2.45, 2.75) is 22.7 Å². The van der Waals surface area contributed by atoms with Crippen molar-refractivity contribution in [3.63, 3.8) is 0 Å². The number of rotatable bonds is 5. The Kier molecular flexibility index (Phi) is 4.96. The fourth-order valence-electron chi connectivity index (χ4n) is 1.92.